The highest BCUT2D eigenvalue weighted by atomic mass is 79.9. The van der Waals surface area contributed by atoms with E-state index in [4.69, 9.17) is 9.72 Å². The number of nitrogens with zero attached hydrogens (tertiary/aromatic N) is 8. The molecule has 6 rings (SSSR count). The Morgan fingerprint density at radius 3 is 2.85 bits per heavy atom. The third kappa shape index (κ3) is 5.16. The summed E-state index contributed by atoms with van der Waals surface area (Å²) in [5.41, 5.74) is 2.36. The molecule has 0 bridgehead atoms. The third-order valence-electron chi connectivity index (χ3n) is 6.78. The van der Waals surface area contributed by atoms with Crippen LogP contribution in [0, 0.1) is 12.7 Å². The Labute approximate surface area is 240 Å². The van der Waals surface area contributed by atoms with Crippen LogP contribution in [0.2, 0.25) is 0 Å². The van der Waals surface area contributed by atoms with Crippen LogP contribution in [0.3, 0.4) is 0 Å². The molecule has 4 aromatic heterocycles. The van der Waals surface area contributed by atoms with Gasteiger partial charge >= 0.3 is 6.09 Å². The predicted octanol–water partition coefficient (Wildman–Crippen LogP) is 3.97. The van der Waals surface area contributed by atoms with Crippen molar-refractivity contribution >= 4 is 56.0 Å². The lowest BCUT2D eigenvalue weighted by atomic mass is 10.1. The van der Waals surface area contributed by atoms with E-state index in [-0.39, 0.29) is 31.2 Å². The van der Waals surface area contributed by atoms with E-state index in [1.807, 2.05) is 4.90 Å². The molecule has 1 atom stereocenters. The van der Waals surface area contributed by atoms with E-state index in [0.29, 0.717) is 50.6 Å². The van der Waals surface area contributed by atoms with Crippen LogP contribution in [0.15, 0.2) is 53.7 Å². The lowest BCUT2D eigenvalue weighted by molar-refractivity contribution is 0.0909. The highest BCUT2D eigenvalue weighted by molar-refractivity contribution is 9.10. The van der Waals surface area contributed by atoms with E-state index in [1.165, 1.54) is 23.6 Å². The van der Waals surface area contributed by atoms with Crippen molar-refractivity contribution in [2.24, 2.45) is 0 Å². The second-order valence-electron chi connectivity index (χ2n) is 9.39. The largest absolute Gasteiger partial charge is 0.465 e. The highest BCUT2D eigenvalue weighted by Crippen LogP contribution is 2.34. The zero-order chi connectivity index (χ0) is 28.7. The summed E-state index contributed by atoms with van der Waals surface area (Å²) in [6.45, 7) is 2.30. The first kappa shape index (κ1) is 26.6. The van der Waals surface area contributed by atoms with Crippen LogP contribution in [-0.2, 0) is 0 Å². The van der Waals surface area contributed by atoms with Gasteiger partial charge in [0.15, 0.2) is 11.5 Å². The van der Waals surface area contributed by atoms with Crippen LogP contribution in [0.1, 0.15) is 5.56 Å². The Bertz CT molecular complexity index is 1790. The molecule has 0 spiro atoms. The summed E-state index contributed by atoms with van der Waals surface area (Å²) in [6.07, 6.45) is 3.41. The van der Waals surface area contributed by atoms with Crippen molar-refractivity contribution in [2.75, 3.05) is 36.5 Å². The molecular formula is C26H23BrFN9O4. The first-order valence-corrected chi connectivity index (χ1v) is 13.3. The quantitative estimate of drug-likeness (QED) is 0.251. The molecule has 13 nitrogen and oxygen atoms in total. The molecule has 0 saturated carbocycles. The fourth-order valence-corrected chi connectivity index (χ4v) is 5.26. The van der Waals surface area contributed by atoms with Gasteiger partial charge in [-0.25, -0.2) is 33.6 Å². The summed E-state index contributed by atoms with van der Waals surface area (Å²) in [6, 6.07) is 7.49. The van der Waals surface area contributed by atoms with Gasteiger partial charge in [-0.2, -0.15) is 5.10 Å². The van der Waals surface area contributed by atoms with E-state index >= 15 is 4.39 Å². The molecule has 5 aromatic rings. The van der Waals surface area contributed by atoms with Gasteiger partial charge in [0, 0.05) is 38.0 Å². The molecule has 3 N–H and O–H groups in total. The molecule has 1 fully saturated rings. The van der Waals surface area contributed by atoms with Crippen molar-refractivity contribution in [3.63, 3.8) is 0 Å². The van der Waals surface area contributed by atoms with Crippen molar-refractivity contribution in [1.82, 2.24) is 34.4 Å². The van der Waals surface area contributed by atoms with Crippen LogP contribution in [0.25, 0.3) is 16.7 Å². The number of aryl methyl sites for hydroxylation is 1. The fourth-order valence-electron chi connectivity index (χ4n) is 4.70. The Morgan fingerprint density at radius 2 is 2.05 bits per heavy atom. The number of anilines is 3. The molecule has 1 amide bonds. The van der Waals surface area contributed by atoms with Crippen LogP contribution in [0.5, 0.6) is 11.5 Å². The minimum atomic E-state index is -1.08. The van der Waals surface area contributed by atoms with Gasteiger partial charge in [0.1, 0.15) is 41.3 Å². The molecular weight excluding hydrogens is 601 g/mol. The SMILES string of the molecule is Cc1cc(Nc2ncnc3cc(Br)c(N4CCN(C(=O)O)[C@H](CO)C4)nc23)c(F)cc1Oc1ccn2ncnc2c1. The number of nitrogens with one attached hydrogen (secondary N) is 1. The normalized spacial score (nSPS) is 15.5. The molecule has 15 heteroatoms. The number of ether oxygens (including phenoxy) is 1. The number of hydrogen-bond acceptors (Lipinski definition) is 10. The Kier molecular flexibility index (Phi) is 6.96. The minimum Gasteiger partial charge on any atom is -0.465 e. The monoisotopic (exact) mass is 623 g/mol. The number of amides is 1. The van der Waals surface area contributed by atoms with Crippen LogP contribution < -0.4 is 15.0 Å². The maximum atomic E-state index is 15.3. The van der Waals surface area contributed by atoms with Crippen molar-refractivity contribution < 1.29 is 24.1 Å². The molecule has 1 aliphatic heterocycles. The number of carbonyl (C=O) groups is 1. The first-order chi connectivity index (χ1) is 19.8. The molecule has 0 unspecified atom stereocenters. The summed E-state index contributed by atoms with van der Waals surface area (Å²) < 4.78 is 23.5. The maximum Gasteiger partial charge on any atom is 0.407 e. The van der Waals surface area contributed by atoms with Crippen molar-refractivity contribution in [3.8, 4) is 11.5 Å². The Balaban J connectivity index is 1.28. The number of hydrogen-bond donors (Lipinski definition) is 3. The fraction of sp³-hybridized carbons (Fsp3) is 0.231. The summed E-state index contributed by atoms with van der Waals surface area (Å²) in [5.74, 6) is 1.09. The van der Waals surface area contributed by atoms with Gasteiger partial charge in [0.05, 0.1) is 28.3 Å². The van der Waals surface area contributed by atoms with Crippen LogP contribution in [-0.4, -0.2) is 83.0 Å². The summed E-state index contributed by atoms with van der Waals surface area (Å²) in [5, 5.41) is 26.3. The zero-order valence-electron chi connectivity index (χ0n) is 21.6. The van der Waals surface area contributed by atoms with E-state index in [9.17, 15) is 15.0 Å². The molecule has 5 heterocycles. The summed E-state index contributed by atoms with van der Waals surface area (Å²) in [7, 11) is 0. The lowest BCUT2D eigenvalue weighted by Gasteiger charge is -2.40. The number of fused-ring (bicyclic) bond motifs is 2. The lowest BCUT2D eigenvalue weighted by Crippen LogP contribution is -2.56. The van der Waals surface area contributed by atoms with E-state index in [2.05, 4.69) is 41.3 Å². The topological polar surface area (TPSA) is 154 Å². The molecule has 0 radical (unpaired) electrons. The van der Waals surface area contributed by atoms with Crippen molar-refractivity contribution in [1.29, 1.82) is 0 Å². The van der Waals surface area contributed by atoms with E-state index < -0.39 is 18.0 Å². The van der Waals surface area contributed by atoms with Crippen molar-refractivity contribution in [3.05, 3.63) is 65.0 Å². The first-order valence-electron chi connectivity index (χ1n) is 12.5. The number of aliphatic hydroxyl groups excluding tert-OH is 1. The molecule has 1 saturated heterocycles. The minimum absolute atomic E-state index is 0.171. The number of halogens is 2. The number of benzene rings is 1. The predicted molar refractivity (Wildman–Crippen MR) is 150 cm³/mol. The molecule has 210 valence electrons. The molecule has 1 aliphatic rings. The number of aromatic nitrogens is 6. The number of pyridine rings is 2. The number of piperazine rings is 1. The molecule has 41 heavy (non-hydrogen) atoms. The van der Waals surface area contributed by atoms with Crippen LogP contribution >= 0.6 is 15.9 Å². The molecule has 0 aliphatic carbocycles. The van der Waals surface area contributed by atoms with Gasteiger partial charge in [0.2, 0.25) is 0 Å². The third-order valence-corrected chi connectivity index (χ3v) is 7.37. The van der Waals surface area contributed by atoms with Crippen LogP contribution in [0.4, 0.5) is 26.5 Å². The highest BCUT2D eigenvalue weighted by Gasteiger charge is 2.31. The molecule has 1 aromatic carbocycles. The number of rotatable bonds is 6. The second kappa shape index (κ2) is 10.7. The Hall–Kier alpha value is -4.63. The van der Waals surface area contributed by atoms with Gasteiger partial charge in [-0.1, -0.05) is 0 Å². The smallest absolute Gasteiger partial charge is 0.407 e. The average molecular weight is 624 g/mol. The van der Waals surface area contributed by atoms with E-state index in [0.717, 1.165) is 0 Å². The standard InChI is InChI=1S/C26H23BrFN9O4/c1-14-6-19(18(28)9-21(14)41-16-2-3-37-22(7-16)30-13-32-37)33-24-23-20(29-12-31-24)8-17(27)25(34-23)35-4-5-36(26(39)40)15(10-35)11-38/h2-3,6-9,12-13,15,38H,4-5,10-11H2,1H3,(H,39,40)(H,29,31,33)/t15-/m0/s1. The van der Waals surface area contributed by atoms with Gasteiger partial charge in [0.25, 0.3) is 0 Å². The van der Waals surface area contributed by atoms with Gasteiger partial charge in [-0.05, 0) is 46.6 Å². The summed E-state index contributed by atoms with van der Waals surface area (Å²) in [4.78, 5) is 32.1. The van der Waals surface area contributed by atoms with E-state index in [1.54, 1.807) is 41.9 Å². The summed E-state index contributed by atoms with van der Waals surface area (Å²) >= 11 is 3.54. The van der Waals surface area contributed by atoms with Gasteiger partial charge in [-0.3, -0.25) is 4.90 Å². The average Bonchev–Trinajstić information content (AvgIpc) is 3.43. The van der Waals surface area contributed by atoms with Crippen molar-refractivity contribution in [2.45, 2.75) is 13.0 Å². The van der Waals surface area contributed by atoms with Gasteiger partial charge < -0.3 is 25.2 Å². The second-order valence-corrected chi connectivity index (χ2v) is 10.2. The zero-order valence-corrected chi connectivity index (χ0v) is 23.2. The number of carboxylic acid groups (broad SMARTS) is 1. The Morgan fingerprint density at radius 1 is 1.20 bits per heavy atom. The van der Waals surface area contributed by atoms with Gasteiger partial charge in [-0.15, -0.1) is 0 Å². The maximum absolute atomic E-state index is 15.3. The number of aliphatic hydroxyl groups is 1.